The molecule has 14 heavy (non-hydrogen) atoms. The molecular weight excluding hydrogens is 244 g/mol. The summed E-state index contributed by atoms with van der Waals surface area (Å²) in [6.07, 6.45) is 0.704. The molecule has 80 valence electrons. The first-order valence-corrected chi connectivity index (χ1v) is 5.52. The first kappa shape index (κ1) is 12.1. The average molecular weight is 257 g/mol. The van der Waals surface area contributed by atoms with Crippen LogP contribution in [0, 0.1) is 0 Å². The van der Waals surface area contributed by atoms with Crippen molar-refractivity contribution < 1.29 is 0 Å². The zero-order chi connectivity index (χ0) is 10.9. The Balaban J connectivity index is 3.27. The van der Waals surface area contributed by atoms with Crippen LogP contribution < -0.4 is 0 Å². The molecule has 1 heterocycles. The summed E-state index contributed by atoms with van der Waals surface area (Å²) in [7, 11) is 0. The first-order valence-electron chi connectivity index (χ1n) is 4.39. The van der Waals surface area contributed by atoms with Crippen LogP contribution in [0.1, 0.15) is 38.2 Å². The fourth-order valence-electron chi connectivity index (χ4n) is 1.22. The number of nitrogens with zero attached hydrogens (tertiary/aromatic N) is 3. The zero-order valence-corrected chi connectivity index (χ0v) is 10.5. The molecule has 1 rings (SSSR count). The van der Waals surface area contributed by atoms with Crippen LogP contribution in [0.5, 0.6) is 0 Å². The zero-order valence-electron chi connectivity index (χ0n) is 8.26. The van der Waals surface area contributed by atoms with E-state index in [9.17, 15) is 0 Å². The van der Waals surface area contributed by atoms with E-state index in [-0.39, 0.29) is 6.04 Å². The topological polar surface area (TPSA) is 30.7 Å². The van der Waals surface area contributed by atoms with Crippen molar-refractivity contribution in [3.8, 4) is 0 Å². The van der Waals surface area contributed by atoms with Crippen molar-refractivity contribution in [3.05, 3.63) is 11.4 Å². The van der Waals surface area contributed by atoms with Crippen LogP contribution in [0.4, 0.5) is 0 Å². The molecule has 0 bridgehead atoms. The quantitative estimate of drug-likeness (QED) is 0.761. The van der Waals surface area contributed by atoms with E-state index in [1.165, 1.54) is 0 Å². The minimum atomic E-state index is -1.46. The fourth-order valence-corrected chi connectivity index (χ4v) is 1.81. The van der Waals surface area contributed by atoms with E-state index >= 15 is 0 Å². The van der Waals surface area contributed by atoms with E-state index < -0.39 is 3.79 Å². The van der Waals surface area contributed by atoms with Crippen molar-refractivity contribution in [1.29, 1.82) is 0 Å². The highest BCUT2D eigenvalue weighted by atomic mass is 35.6. The van der Waals surface area contributed by atoms with Gasteiger partial charge in [-0.3, -0.25) is 0 Å². The van der Waals surface area contributed by atoms with Crippen molar-refractivity contribution in [2.24, 2.45) is 0 Å². The van der Waals surface area contributed by atoms with Gasteiger partial charge in [-0.05, 0) is 20.3 Å². The maximum absolute atomic E-state index is 5.86. The van der Waals surface area contributed by atoms with Crippen LogP contribution in [0.15, 0.2) is 0 Å². The van der Waals surface area contributed by atoms with Gasteiger partial charge in [0, 0.05) is 6.04 Å². The van der Waals surface area contributed by atoms with Crippen LogP contribution >= 0.6 is 34.8 Å². The molecule has 6 heteroatoms. The summed E-state index contributed by atoms with van der Waals surface area (Å²) in [6, 6.07) is 0.133. The highest BCUT2D eigenvalue weighted by Crippen LogP contribution is 2.40. The molecule has 0 aromatic carbocycles. The van der Waals surface area contributed by atoms with Gasteiger partial charge in [0.05, 0.1) is 5.69 Å². The Morgan fingerprint density at radius 2 is 1.93 bits per heavy atom. The van der Waals surface area contributed by atoms with E-state index in [0.717, 1.165) is 5.69 Å². The average Bonchev–Trinajstić information content (AvgIpc) is 2.45. The predicted molar refractivity (Wildman–Crippen MR) is 59.0 cm³/mol. The molecule has 0 saturated carbocycles. The van der Waals surface area contributed by atoms with E-state index in [1.54, 1.807) is 4.68 Å². The van der Waals surface area contributed by atoms with Crippen molar-refractivity contribution in [2.75, 3.05) is 0 Å². The van der Waals surface area contributed by atoms with Crippen LogP contribution in [-0.2, 0) is 10.2 Å². The van der Waals surface area contributed by atoms with Crippen LogP contribution in [0.25, 0.3) is 0 Å². The van der Waals surface area contributed by atoms with E-state index in [2.05, 4.69) is 10.3 Å². The monoisotopic (exact) mass is 255 g/mol. The Hall–Kier alpha value is 0.01000. The summed E-state index contributed by atoms with van der Waals surface area (Å²) in [4.78, 5) is 0. The van der Waals surface area contributed by atoms with Gasteiger partial charge >= 0.3 is 0 Å². The minimum Gasteiger partial charge on any atom is -0.242 e. The number of aryl methyl sites for hydroxylation is 1. The number of alkyl halides is 3. The van der Waals surface area contributed by atoms with Crippen LogP contribution in [-0.4, -0.2) is 15.0 Å². The molecule has 0 radical (unpaired) electrons. The molecule has 3 nitrogen and oxygen atoms in total. The van der Waals surface area contributed by atoms with Gasteiger partial charge in [0.1, 0.15) is 5.69 Å². The minimum absolute atomic E-state index is 0.133. The molecule has 0 unspecified atom stereocenters. The molecule has 0 fully saturated rings. The van der Waals surface area contributed by atoms with Crippen LogP contribution in [0.3, 0.4) is 0 Å². The fraction of sp³-hybridized carbons (Fsp3) is 0.750. The first-order chi connectivity index (χ1) is 6.38. The Labute approximate surface area is 98.3 Å². The second-order valence-electron chi connectivity index (χ2n) is 3.27. The third kappa shape index (κ3) is 2.33. The van der Waals surface area contributed by atoms with Gasteiger partial charge in [-0.15, -0.1) is 5.10 Å². The lowest BCUT2D eigenvalue weighted by atomic mass is 10.2. The Kier molecular flexibility index (Phi) is 3.67. The molecule has 0 spiro atoms. The second-order valence-corrected chi connectivity index (χ2v) is 5.56. The lowest BCUT2D eigenvalue weighted by Gasteiger charge is -2.16. The molecule has 0 saturated heterocycles. The van der Waals surface area contributed by atoms with Gasteiger partial charge in [-0.25, -0.2) is 4.68 Å². The summed E-state index contributed by atoms with van der Waals surface area (Å²) >= 11 is 17.6. The highest BCUT2D eigenvalue weighted by molar-refractivity contribution is 6.66. The number of rotatable bonds is 2. The van der Waals surface area contributed by atoms with E-state index in [4.69, 9.17) is 34.8 Å². The number of hydrogen-bond acceptors (Lipinski definition) is 2. The standard InChI is InChI=1S/C8H12Cl3N3/c1-4-6-7(8(9,10)11)14(5(2)3)13-12-6/h5H,4H2,1-3H3. The lowest BCUT2D eigenvalue weighted by molar-refractivity contribution is 0.496. The van der Waals surface area contributed by atoms with Gasteiger partial charge in [0.25, 0.3) is 0 Å². The second kappa shape index (κ2) is 4.25. The van der Waals surface area contributed by atoms with Crippen molar-refractivity contribution >= 4 is 34.8 Å². The maximum atomic E-state index is 5.86. The third-order valence-electron chi connectivity index (χ3n) is 1.86. The number of halogens is 3. The molecule has 0 atom stereocenters. The lowest BCUT2D eigenvalue weighted by Crippen LogP contribution is -2.15. The molecular formula is C8H12Cl3N3. The third-order valence-corrected chi connectivity index (χ3v) is 2.39. The van der Waals surface area contributed by atoms with Gasteiger partial charge in [0.2, 0.25) is 3.79 Å². The SMILES string of the molecule is CCc1nnn(C(C)C)c1C(Cl)(Cl)Cl. The van der Waals surface area contributed by atoms with Gasteiger partial charge in [-0.1, -0.05) is 46.9 Å². The number of hydrogen-bond donors (Lipinski definition) is 0. The Morgan fingerprint density at radius 1 is 1.36 bits per heavy atom. The molecule has 0 amide bonds. The summed E-state index contributed by atoms with van der Waals surface area (Å²) in [6.45, 7) is 5.89. The summed E-state index contributed by atoms with van der Waals surface area (Å²) in [5.41, 5.74) is 1.30. The predicted octanol–water partition coefficient (Wildman–Crippen LogP) is 3.25. The van der Waals surface area contributed by atoms with E-state index in [0.29, 0.717) is 12.1 Å². The Morgan fingerprint density at radius 3 is 2.29 bits per heavy atom. The molecule has 1 aromatic heterocycles. The largest absolute Gasteiger partial charge is 0.242 e. The van der Waals surface area contributed by atoms with E-state index in [1.807, 2.05) is 20.8 Å². The summed E-state index contributed by atoms with van der Waals surface area (Å²) in [5.74, 6) is 0. The summed E-state index contributed by atoms with van der Waals surface area (Å²) < 4.78 is 0.185. The normalized spacial score (nSPS) is 12.5. The van der Waals surface area contributed by atoms with Gasteiger partial charge in [0.15, 0.2) is 0 Å². The van der Waals surface area contributed by atoms with Crippen molar-refractivity contribution in [2.45, 2.75) is 37.0 Å². The molecule has 1 aromatic rings. The highest BCUT2D eigenvalue weighted by Gasteiger charge is 2.32. The number of aromatic nitrogens is 3. The molecule has 0 aliphatic carbocycles. The van der Waals surface area contributed by atoms with Crippen LogP contribution in [0.2, 0.25) is 0 Å². The molecule has 0 N–H and O–H groups in total. The smallest absolute Gasteiger partial charge is 0.234 e. The van der Waals surface area contributed by atoms with Crippen molar-refractivity contribution in [3.63, 3.8) is 0 Å². The van der Waals surface area contributed by atoms with Crippen molar-refractivity contribution in [1.82, 2.24) is 15.0 Å². The molecule has 0 aliphatic rings. The molecule has 0 aliphatic heterocycles. The van der Waals surface area contributed by atoms with Gasteiger partial charge < -0.3 is 0 Å². The Bertz CT molecular complexity index is 314. The van der Waals surface area contributed by atoms with Gasteiger partial charge in [-0.2, -0.15) is 0 Å². The maximum Gasteiger partial charge on any atom is 0.234 e. The summed E-state index contributed by atoms with van der Waals surface area (Å²) in [5, 5.41) is 7.95.